The first-order valence-electron chi connectivity index (χ1n) is 16.6. The summed E-state index contributed by atoms with van der Waals surface area (Å²) in [6.45, 7) is 2.35. The van der Waals surface area contributed by atoms with Crippen molar-refractivity contribution in [2.45, 2.75) is 96.3 Å². The van der Waals surface area contributed by atoms with Crippen LogP contribution >= 0.6 is 0 Å². The molecule has 8 unspecified atom stereocenters. The van der Waals surface area contributed by atoms with Gasteiger partial charge >= 0.3 is 0 Å². The molecule has 1 heteroatoms. The third kappa shape index (κ3) is 3.55. The average Bonchev–Trinajstić information content (AvgIpc) is 2.97. The molecule has 2 aromatic carbocycles. The molecule has 0 heterocycles. The van der Waals surface area contributed by atoms with E-state index in [2.05, 4.69) is 37.3 Å². The Kier molecular flexibility index (Phi) is 5.96. The van der Waals surface area contributed by atoms with Crippen LogP contribution in [-0.4, -0.2) is 5.11 Å². The predicted molar refractivity (Wildman–Crippen MR) is 156 cm³/mol. The Bertz CT molecular complexity index is 1140. The van der Waals surface area contributed by atoms with E-state index in [0.717, 1.165) is 64.7 Å². The summed E-state index contributed by atoms with van der Waals surface area (Å²) in [5, 5.41) is 10.7. The van der Waals surface area contributed by atoms with E-state index in [4.69, 9.17) is 0 Å². The Morgan fingerprint density at radius 3 is 1.63 bits per heavy atom. The standard InChI is InChI=1S/C37H48O/c1-22-24(15-8-16-25(22)30-14-6-7-19-35(30)38)23-20-33-28-12-4-2-10-26(28)31-17-9-18-32-27-11-3-5-13-29(27)34(21-23)37(33)36(31)32/h6-8,14-16,19,23,26-29,31-34,36-38H,2-5,9-13,17-18,20-21H2,1H3. The fourth-order valence-corrected chi connectivity index (χ4v) is 12.6. The lowest BCUT2D eigenvalue weighted by atomic mass is 9.37. The number of hydrogen-bond acceptors (Lipinski definition) is 1. The first-order valence-corrected chi connectivity index (χ1v) is 16.6. The fraction of sp³-hybridized carbons (Fsp3) is 0.676. The van der Waals surface area contributed by atoms with E-state index in [1.807, 2.05) is 12.1 Å². The smallest absolute Gasteiger partial charge is 0.123 e. The molecule has 1 nitrogen and oxygen atoms in total. The molecule has 0 spiro atoms. The Hall–Kier alpha value is -1.76. The van der Waals surface area contributed by atoms with Crippen LogP contribution < -0.4 is 0 Å². The van der Waals surface area contributed by atoms with Gasteiger partial charge in [-0.1, -0.05) is 68.5 Å². The van der Waals surface area contributed by atoms with Gasteiger partial charge in [-0.05, 0) is 146 Å². The first kappa shape index (κ1) is 24.1. The topological polar surface area (TPSA) is 20.2 Å². The molecule has 0 radical (unpaired) electrons. The van der Waals surface area contributed by atoms with Crippen molar-refractivity contribution in [3.8, 4) is 16.9 Å². The van der Waals surface area contributed by atoms with Crippen molar-refractivity contribution in [3.05, 3.63) is 53.6 Å². The summed E-state index contributed by atoms with van der Waals surface area (Å²) >= 11 is 0. The summed E-state index contributed by atoms with van der Waals surface area (Å²) in [6.07, 6.45) is 19.7. The maximum absolute atomic E-state index is 10.7. The molecule has 6 saturated carbocycles. The van der Waals surface area contributed by atoms with Gasteiger partial charge in [0, 0.05) is 5.56 Å². The van der Waals surface area contributed by atoms with Gasteiger partial charge in [-0.3, -0.25) is 0 Å². The summed E-state index contributed by atoms with van der Waals surface area (Å²) in [6, 6.07) is 15.0. The van der Waals surface area contributed by atoms with Crippen LogP contribution in [0.4, 0.5) is 0 Å². The SMILES string of the molecule is Cc1c(-c2ccccc2O)cccc1C1CC2C3CCCCC3C3CCCC4C5CCCCC5C(C1)C2C34. The Morgan fingerprint density at radius 2 is 1.03 bits per heavy atom. The Morgan fingerprint density at radius 1 is 0.526 bits per heavy atom. The van der Waals surface area contributed by atoms with Gasteiger partial charge in [0.05, 0.1) is 0 Å². The third-order valence-corrected chi connectivity index (χ3v) is 13.6. The number of rotatable bonds is 2. The van der Waals surface area contributed by atoms with E-state index in [9.17, 15) is 5.11 Å². The van der Waals surface area contributed by atoms with Gasteiger partial charge in [-0.15, -0.1) is 0 Å². The molecule has 38 heavy (non-hydrogen) atoms. The summed E-state index contributed by atoms with van der Waals surface area (Å²) in [4.78, 5) is 0. The van der Waals surface area contributed by atoms with Crippen molar-refractivity contribution in [1.82, 2.24) is 0 Å². The minimum absolute atomic E-state index is 0.417. The van der Waals surface area contributed by atoms with Crippen LogP contribution in [0.25, 0.3) is 11.1 Å². The summed E-state index contributed by atoms with van der Waals surface area (Å²) < 4.78 is 0. The molecule has 0 aliphatic heterocycles. The lowest BCUT2D eigenvalue weighted by molar-refractivity contribution is -0.189. The molecule has 8 rings (SSSR count). The summed E-state index contributed by atoms with van der Waals surface area (Å²) in [7, 11) is 0. The second-order valence-electron chi connectivity index (χ2n) is 14.7. The van der Waals surface area contributed by atoms with E-state index >= 15 is 0 Å². The summed E-state index contributed by atoms with van der Waals surface area (Å²) in [5.74, 6) is 11.5. The zero-order valence-corrected chi connectivity index (χ0v) is 23.5. The van der Waals surface area contributed by atoms with Gasteiger partial charge in [0.2, 0.25) is 0 Å². The highest BCUT2D eigenvalue weighted by molar-refractivity contribution is 5.74. The Labute approximate surface area is 230 Å². The minimum Gasteiger partial charge on any atom is -0.507 e. The highest BCUT2D eigenvalue weighted by Gasteiger charge is 2.63. The van der Waals surface area contributed by atoms with Crippen molar-refractivity contribution < 1.29 is 5.11 Å². The quantitative estimate of drug-likeness (QED) is 0.428. The molecule has 0 aromatic heterocycles. The average molecular weight is 509 g/mol. The molecule has 6 fully saturated rings. The van der Waals surface area contributed by atoms with Gasteiger partial charge in [-0.25, -0.2) is 0 Å². The molecule has 0 saturated heterocycles. The lowest BCUT2D eigenvalue weighted by Gasteiger charge is -2.68. The van der Waals surface area contributed by atoms with Crippen LogP contribution in [0.5, 0.6) is 5.75 Å². The van der Waals surface area contributed by atoms with Gasteiger partial charge in [0.15, 0.2) is 0 Å². The fourth-order valence-electron chi connectivity index (χ4n) is 12.6. The zero-order valence-electron chi connectivity index (χ0n) is 23.5. The van der Waals surface area contributed by atoms with E-state index in [1.54, 1.807) is 37.7 Å². The molecule has 8 atom stereocenters. The monoisotopic (exact) mass is 508 g/mol. The van der Waals surface area contributed by atoms with Crippen LogP contribution in [0.2, 0.25) is 0 Å². The first-order chi connectivity index (χ1) is 18.7. The van der Waals surface area contributed by atoms with E-state index in [-0.39, 0.29) is 0 Å². The van der Waals surface area contributed by atoms with Gasteiger partial charge in [0.1, 0.15) is 5.75 Å². The number of benzene rings is 2. The summed E-state index contributed by atoms with van der Waals surface area (Å²) in [5.41, 5.74) is 5.28. The second kappa shape index (κ2) is 9.42. The molecule has 0 amide bonds. The molecular weight excluding hydrogens is 460 g/mol. The molecule has 6 aliphatic rings. The molecule has 0 bridgehead atoms. The van der Waals surface area contributed by atoms with Crippen LogP contribution in [0.1, 0.15) is 101 Å². The van der Waals surface area contributed by atoms with Gasteiger partial charge in [0.25, 0.3) is 0 Å². The largest absolute Gasteiger partial charge is 0.507 e. The van der Waals surface area contributed by atoms with Gasteiger partial charge < -0.3 is 5.11 Å². The number of hydrogen-bond donors (Lipinski definition) is 1. The van der Waals surface area contributed by atoms with E-state index < -0.39 is 0 Å². The number of phenolic OH excluding ortho intramolecular Hbond substituents is 1. The maximum Gasteiger partial charge on any atom is 0.123 e. The second-order valence-corrected chi connectivity index (χ2v) is 14.7. The van der Waals surface area contributed by atoms with Crippen molar-refractivity contribution in [3.63, 3.8) is 0 Å². The van der Waals surface area contributed by atoms with E-state index in [0.29, 0.717) is 11.7 Å². The highest BCUT2D eigenvalue weighted by Crippen LogP contribution is 2.70. The predicted octanol–water partition coefficient (Wildman–Crippen LogP) is 9.77. The minimum atomic E-state index is 0.417. The maximum atomic E-state index is 10.7. The highest BCUT2D eigenvalue weighted by atomic mass is 16.3. The third-order valence-electron chi connectivity index (χ3n) is 13.6. The molecular formula is C37H48O. The normalized spacial score (nSPS) is 43.4. The van der Waals surface area contributed by atoms with Crippen molar-refractivity contribution >= 4 is 0 Å². The lowest BCUT2D eigenvalue weighted by Crippen LogP contribution is -2.61. The molecule has 6 aliphatic carbocycles. The van der Waals surface area contributed by atoms with E-state index in [1.165, 1.54) is 62.5 Å². The number of phenols is 1. The number of fused-ring (bicyclic) bond motifs is 6. The van der Waals surface area contributed by atoms with Crippen molar-refractivity contribution in [2.24, 2.45) is 59.2 Å². The van der Waals surface area contributed by atoms with Crippen LogP contribution in [0.3, 0.4) is 0 Å². The zero-order chi connectivity index (χ0) is 25.4. The van der Waals surface area contributed by atoms with Crippen LogP contribution in [0, 0.1) is 66.1 Å². The number of para-hydroxylation sites is 1. The molecule has 202 valence electrons. The van der Waals surface area contributed by atoms with Crippen LogP contribution in [0.15, 0.2) is 42.5 Å². The molecule has 1 N–H and O–H groups in total. The van der Waals surface area contributed by atoms with Gasteiger partial charge in [-0.2, -0.15) is 0 Å². The van der Waals surface area contributed by atoms with Crippen LogP contribution in [-0.2, 0) is 0 Å². The number of aromatic hydroxyl groups is 1. The Balaban J connectivity index is 1.22. The van der Waals surface area contributed by atoms with Crippen molar-refractivity contribution in [2.75, 3.05) is 0 Å². The van der Waals surface area contributed by atoms with Crippen molar-refractivity contribution in [1.29, 1.82) is 0 Å². The molecule has 2 aromatic rings.